The lowest BCUT2D eigenvalue weighted by atomic mass is 9.76. The molecule has 1 aliphatic rings. The smallest absolute Gasteiger partial charge is 0.313 e. The Kier molecular flexibility index (Phi) is 8.78. The first-order valence-electron chi connectivity index (χ1n) is 6.54. The van der Waals surface area contributed by atoms with Crippen molar-refractivity contribution in [1.29, 1.82) is 0 Å². The maximum atomic E-state index is 12.2. The molecule has 0 amide bonds. The maximum Gasteiger partial charge on any atom is 0.313 e. The molecule has 1 atom stereocenters. The Morgan fingerprint density at radius 2 is 2.30 bits per heavy atom. The van der Waals surface area contributed by atoms with Gasteiger partial charge in [0.2, 0.25) is 0 Å². The van der Waals surface area contributed by atoms with Crippen molar-refractivity contribution in [1.82, 2.24) is 10.3 Å². The normalized spacial score (nSPS) is 21.2. The van der Waals surface area contributed by atoms with Crippen LogP contribution in [0.25, 0.3) is 0 Å². The van der Waals surface area contributed by atoms with Crippen molar-refractivity contribution >= 4 is 30.8 Å². The molecule has 4 nitrogen and oxygen atoms in total. The number of esters is 1. The van der Waals surface area contributed by atoms with Crippen molar-refractivity contribution in [3.05, 3.63) is 30.1 Å². The summed E-state index contributed by atoms with van der Waals surface area (Å²) >= 11 is 0. The van der Waals surface area contributed by atoms with Crippen LogP contribution < -0.4 is 5.32 Å². The highest BCUT2D eigenvalue weighted by molar-refractivity contribution is 5.85. The van der Waals surface area contributed by atoms with Crippen LogP contribution in [0.15, 0.2) is 24.5 Å². The predicted molar refractivity (Wildman–Crippen MR) is 83.6 cm³/mol. The van der Waals surface area contributed by atoms with Gasteiger partial charge in [0.25, 0.3) is 0 Å². The average molecular weight is 321 g/mol. The molecule has 1 aliphatic heterocycles. The Bertz CT molecular complexity index is 395. The van der Waals surface area contributed by atoms with E-state index < -0.39 is 5.41 Å². The lowest BCUT2D eigenvalue weighted by Gasteiger charge is -2.35. The Morgan fingerprint density at radius 1 is 1.50 bits per heavy atom. The van der Waals surface area contributed by atoms with Crippen molar-refractivity contribution in [3.63, 3.8) is 0 Å². The summed E-state index contributed by atoms with van der Waals surface area (Å²) in [7, 11) is 0. The zero-order valence-corrected chi connectivity index (χ0v) is 13.3. The molecule has 1 unspecified atom stereocenters. The largest absolute Gasteiger partial charge is 0.466 e. The SMILES string of the molecule is CCOC(=O)C1(Cc2cccnc2)CCCNC1.Cl.Cl. The molecule has 0 radical (unpaired) electrons. The lowest BCUT2D eigenvalue weighted by Crippen LogP contribution is -2.47. The van der Waals surface area contributed by atoms with Crippen molar-refractivity contribution in [2.45, 2.75) is 26.2 Å². The number of carbonyl (C=O) groups is 1. The summed E-state index contributed by atoms with van der Waals surface area (Å²) in [6.07, 6.45) is 6.18. The Morgan fingerprint density at radius 3 is 2.85 bits per heavy atom. The first-order valence-corrected chi connectivity index (χ1v) is 6.54. The highest BCUT2D eigenvalue weighted by atomic mass is 35.5. The van der Waals surface area contributed by atoms with Gasteiger partial charge in [-0.05, 0) is 44.4 Å². The van der Waals surface area contributed by atoms with Crippen LogP contribution in [0, 0.1) is 5.41 Å². The van der Waals surface area contributed by atoms with Gasteiger partial charge in [-0.1, -0.05) is 6.07 Å². The molecule has 0 aliphatic carbocycles. The molecule has 2 rings (SSSR count). The van der Waals surface area contributed by atoms with Crippen LogP contribution in [-0.2, 0) is 16.0 Å². The van der Waals surface area contributed by atoms with Crippen molar-refractivity contribution in [2.24, 2.45) is 5.41 Å². The average Bonchev–Trinajstić information content (AvgIpc) is 2.41. The van der Waals surface area contributed by atoms with Gasteiger partial charge in [-0.15, -0.1) is 24.8 Å². The molecule has 0 spiro atoms. The van der Waals surface area contributed by atoms with Gasteiger partial charge in [-0.2, -0.15) is 0 Å². The number of hydrogen-bond acceptors (Lipinski definition) is 4. The second-order valence-electron chi connectivity index (χ2n) is 4.82. The third-order valence-electron chi connectivity index (χ3n) is 3.45. The van der Waals surface area contributed by atoms with E-state index in [1.807, 2.05) is 25.3 Å². The number of hydrogen-bond donors (Lipinski definition) is 1. The lowest BCUT2D eigenvalue weighted by molar-refractivity contribution is -0.156. The number of nitrogens with one attached hydrogen (secondary N) is 1. The zero-order chi connectivity index (χ0) is 12.8. The van der Waals surface area contributed by atoms with Gasteiger partial charge in [0.1, 0.15) is 0 Å². The van der Waals surface area contributed by atoms with Crippen molar-refractivity contribution in [2.75, 3.05) is 19.7 Å². The number of aromatic nitrogens is 1. The van der Waals surface area contributed by atoms with Crippen LogP contribution in [0.4, 0.5) is 0 Å². The number of halogens is 2. The quantitative estimate of drug-likeness (QED) is 0.865. The molecule has 1 aromatic heterocycles. The number of nitrogens with zero attached hydrogens (tertiary/aromatic N) is 1. The molecule has 20 heavy (non-hydrogen) atoms. The van der Waals surface area contributed by atoms with Gasteiger partial charge in [-0.25, -0.2) is 0 Å². The van der Waals surface area contributed by atoms with Gasteiger partial charge in [0.15, 0.2) is 0 Å². The van der Waals surface area contributed by atoms with E-state index in [0.717, 1.165) is 24.9 Å². The number of pyridine rings is 1. The van der Waals surface area contributed by atoms with Gasteiger partial charge in [0.05, 0.1) is 12.0 Å². The first kappa shape index (κ1) is 19.2. The van der Waals surface area contributed by atoms with E-state index in [-0.39, 0.29) is 30.8 Å². The molecule has 0 bridgehead atoms. The molecule has 0 saturated carbocycles. The van der Waals surface area contributed by atoms with Gasteiger partial charge in [0, 0.05) is 18.9 Å². The van der Waals surface area contributed by atoms with E-state index in [9.17, 15) is 4.79 Å². The summed E-state index contributed by atoms with van der Waals surface area (Å²) in [5, 5.41) is 3.31. The monoisotopic (exact) mass is 320 g/mol. The molecule has 1 aromatic rings. The molecule has 1 saturated heterocycles. The number of ether oxygens (including phenoxy) is 1. The standard InChI is InChI=1S/C14H20N2O2.2ClH/c1-2-18-13(17)14(6-4-8-16-11-14)9-12-5-3-7-15-10-12;;/h3,5,7,10,16H,2,4,6,8-9,11H2,1H3;2*1H. The summed E-state index contributed by atoms with van der Waals surface area (Å²) in [4.78, 5) is 16.4. The minimum absolute atomic E-state index is 0. The molecule has 0 aromatic carbocycles. The van der Waals surface area contributed by atoms with E-state index in [1.165, 1.54) is 0 Å². The highest BCUT2D eigenvalue weighted by Crippen LogP contribution is 2.32. The van der Waals surface area contributed by atoms with E-state index >= 15 is 0 Å². The van der Waals surface area contributed by atoms with E-state index in [0.29, 0.717) is 19.6 Å². The summed E-state index contributed by atoms with van der Waals surface area (Å²) in [6.45, 7) is 3.97. The zero-order valence-electron chi connectivity index (χ0n) is 11.6. The molecule has 2 heterocycles. The van der Waals surface area contributed by atoms with Crippen LogP contribution in [0.2, 0.25) is 0 Å². The highest BCUT2D eigenvalue weighted by Gasteiger charge is 2.41. The topological polar surface area (TPSA) is 51.2 Å². The number of carbonyl (C=O) groups excluding carboxylic acids is 1. The number of piperidine rings is 1. The van der Waals surface area contributed by atoms with Gasteiger partial charge in [-0.3, -0.25) is 9.78 Å². The predicted octanol–water partition coefficient (Wildman–Crippen LogP) is 2.40. The third kappa shape index (κ3) is 4.62. The third-order valence-corrected chi connectivity index (χ3v) is 3.45. The molecule has 1 fully saturated rings. The van der Waals surface area contributed by atoms with Crippen LogP contribution in [0.3, 0.4) is 0 Å². The van der Waals surface area contributed by atoms with Gasteiger partial charge < -0.3 is 10.1 Å². The van der Waals surface area contributed by atoms with E-state index in [1.54, 1.807) is 6.20 Å². The fraction of sp³-hybridized carbons (Fsp3) is 0.571. The van der Waals surface area contributed by atoms with E-state index in [4.69, 9.17) is 4.74 Å². The first-order chi connectivity index (χ1) is 8.77. The Hall–Kier alpha value is -0.840. The second kappa shape index (κ2) is 9.16. The summed E-state index contributed by atoms with van der Waals surface area (Å²) in [5.74, 6) is -0.0824. The molecule has 6 heteroatoms. The van der Waals surface area contributed by atoms with Crippen molar-refractivity contribution < 1.29 is 9.53 Å². The van der Waals surface area contributed by atoms with E-state index in [2.05, 4.69) is 10.3 Å². The molecular formula is C14H22Cl2N2O2. The summed E-state index contributed by atoms with van der Waals surface area (Å²) in [5.41, 5.74) is 0.673. The van der Waals surface area contributed by atoms with Crippen LogP contribution in [-0.4, -0.2) is 30.6 Å². The van der Waals surface area contributed by atoms with Crippen LogP contribution in [0.1, 0.15) is 25.3 Å². The van der Waals surface area contributed by atoms with Crippen molar-refractivity contribution in [3.8, 4) is 0 Å². The summed E-state index contributed by atoms with van der Waals surface area (Å²) in [6, 6.07) is 3.92. The Balaban J connectivity index is 0.00000180. The Labute approximate surface area is 132 Å². The fourth-order valence-corrected chi connectivity index (χ4v) is 2.54. The maximum absolute atomic E-state index is 12.2. The molecular weight excluding hydrogens is 299 g/mol. The second-order valence-corrected chi connectivity index (χ2v) is 4.82. The van der Waals surface area contributed by atoms with Crippen LogP contribution >= 0.6 is 24.8 Å². The summed E-state index contributed by atoms with van der Waals surface area (Å²) < 4.78 is 5.26. The minimum atomic E-state index is -0.419. The van der Waals surface area contributed by atoms with Gasteiger partial charge >= 0.3 is 5.97 Å². The minimum Gasteiger partial charge on any atom is -0.466 e. The number of rotatable bonds is 4. The van der Waals surface area contributed by atoms with Crippen LogP contribution in [0.5, 0.6) is 0 Å². The molecule has 114 valence electrons. The molecule has 1 N–H and O–H groups in total. The fourth-order valence-electron chi connectivity index (χ4n) is 2.54.